The van der Waals surface area contributed by atoms with Crippen LogP contribution in [0.5, 0.6) is 11.5 Å². The third-order valence-corrected chi connectivity index (χ3v) is 4.17. The predicted molar refractivity (Wildman–Crippen MR) is 94.8 cm³/mol. The minimum atomic E-state index is -0.900. The quantitative estimate of drug-likeness (QED) is 0.255. The average Bonchev–Trinajstić information content (AvgIpc) is 2.70. The van der Waals surface area contributed by atoms with Crippen LogP contribution in [0.3, 0.4) is 0 Å². The van der Waals surface area contributed by atoms with Crippen LogP contribution in [-0.2, 0) is 14.4 Å². The first-order valence-corrected chi connectivity index (χ1v) is 8.94. The SMILES string of the molecule is CCCCC[C@@H](CN(O)C=O)C(=O)NNC(=O)[C@@H]1COc2ccccc2O1. The highest BCUT2D eigenvalue weighted by Crippen LogP contribution is 2.30. The largest absolute Gasteiger partial charge is 0.485 e. The molecule has 2 rings (SSSR count). The highest BCUT2D eigenvalue weighted by atomic mass is 16.6. The Hall–Kier alpha value is -2.81. The zero-order valence-corrected chi connectivity index (χ0v) is 15.2. The van der Waals surface area contributed by atoms with Gasteiger partial charge in [-0.15, -0.1) is 0 Å². The maximum atomic E-state index is 12.3. The standard InChI is InChI=1S/C18H25N3O6/c1-2-3-4-7-13(10-21(25)12-22)17(23)19-20-18(24)16-11-26-14-8-5-6-9-15(14)27-16/h5-6,8-9,12-13,16,25H,2-4,7,10-11H2,1H3,(H,19,23)(H,20,24)/t13-,16-/m0/s1. The van der Waals surface area contributed by atoms with Crippen molar-refractivity contribution in [1.82, 2.24) is 15.9 Å². The van der Waals surface area contributed by atoms with Gasteiger partial charge in [0.15, 0.2) is 11.5 Å². The molecule has 0 radical (unpaired) electrons. The van der Waals surface area contributed by atoms with Crippen LogP contribution in [0.1, 0.15) is 32.6 Å². The molecule has 0 aliphatic carbocycles. The molecule has 1 aliphatic heterocycles. The van der Waals surface area contributed by atoms with E-state index in [0.29, 0.717) is 23.0 Å². The van der Waals surface area contributed by atoms with Gasteiger partial charge in [-0.2, -0.15) is 0 Å². The van der Waals surface area contributed by atoms with Crippen molar-refractivity contribution in [3.63, 3.8) is 0 Å². The zero-order chi connectivity index (χ0) is 19.6. The Morgan fingerprint density at radius 3 is 2.74 bits per heavy atom. The number of hydrogen-bond donors (Lipinski definition) is 3. The summed E-state index contributed by atoms with van der Waals surface area (Å²) >= 11 is 0. The molecule has 3 amide bonds. The summed E-state index contributed by atoms with van der Waals surface area (Å²) in [5.74, 6) is -0.678. The number of nitrogens with zero attached hydrogens (tertiary/aromatic N) is 1. The highest BCUT2D eigenvalue weighted by molar-refractivity contribution is 5.86. The molecule has 2 atom stereocenters. The minimum Gasteiger partial charge on any atom is -0.485 e. The smallest absolute Gasteiger partial charge is 0.283 e. The lowest BCUT2D eigenvalue weighted by atomic mass is 10.0. The van der Waals surface area contributed by atoms with E-state index in [4.69, 9.17) is 9.47 Å². The number of ether oxygens (including phenoxy) is 2. The summed E-state index contributed by atoms with van der Waals surface area (Å²) in [4.78, 5) is 35.2. The summed E-state index contributed by atoms with van der Waals surface area (Å²) in [5.41, 5.74) is 4.65. The summed E-state index contributed by atoms with van der Waals surface area (Å²) in [7, 11) is 0. The molecule has 1 heterocycles. The molecule has 148 valence electrons. The maximum absolute atomic E-state index is 12.3. The second-order valence-corrected chi connectivity index (χ2v) is 6.26. The van der Waals surface area contributed by atoms with Gasteiger partial charge in [0.1, 0.15) is 6.61 Å². The fourth-order valence-electron chi connectivity index (χ4n) is 2.67. The Morgan fingerprint density at radius 2 is 2.04 bits per heavy atom. The van der Waals surface area contributed by atoms with Gasteiger partial charge < -0.3 is 9.47 Å². The second kappa shape index (κ2) is 10.4. The van der Waals surface area contributed by atoms with Crippen LogP contribution in [0.2, 0.25) is 0 Å². The van der Waals surface area contributed by atoms with E-state index in [1.54, 1.807) is 24.3 Å². The Bertz CT molecular complexity index is 654. The number of carbonyl (C=O) groups excluding carboxylic acids is 3. The summed E-state index contributed by atoms with van der Waals surface area (Å²) in [6.07, 6.45) is 2.49. The molecule has 0 spiro atoms. The number of para-hydroxylation sites is 2. The number of hydrazine groups is 1. The Balaban J connectivity index is 1.85. The van der Waals surface area contributed by atoms with Crippen molar-refractivity contribution < 1.29 is 29.1 Å². The Morgan fingerprint density at radius 1 is 1.30 bits per heavy atom. The number of rotatable bonds is 9. The summed E-state index contributed by atoms with van der Waals surface area (Å²) in [6.45, 7) is 1.91. The lowest BCUT2D eigenvalue weighted by molar-refractivity contribution is -0.155. The molecule has 9 nitrogen and oxygen atoms in total. The van der Waals surface area contributed by atoms with E-state index in [-0.39, 0.29) is 19.6 Å². The molecule has 0 unspecified atom stereocenters. The Labute approximate surface area is 157 Å². The van der Waals surface area contributed by atoms with Gasteiger partial charge in [-0.05, 0) is 18.6 Å². The molecule has 27 heavy (non-hydrogen) atoms. The first-order chi connectivity index (χ1) is 13.0. The van der Waals surface area contributed by atoms with Crippen LogP contribution in [0, 0.1) is 5.92 Å². The molecule has 1 aromatic rings. The van der Waals surface area contributed by atoms with Crippen molar-refractivity contribution in [3.8, 4) is 11.5 Å². The molecule has 0 bridgehead atoms. The van der Waals surface area contributed by atoms with Gasteiger partial charge in [0.25, 0.3) is 5.91 Å². The number of amides is 3. The van der Waals surface area contributed by atoms with Crippen molar-refractivity contribution >= 4 is 18.2 Å². The lowest BCUT2D eigenvalue weighted by Gasteiger charge is -2.26. The van der Waals surface area contributed by atoms with Gasteiger partial charge in [0, 0.05) is 0 Å². The summed E-state index contributed by atoms with van der Waals surface area (Å²) in [5, 5.41) is 9.79. The molecule has 0 fully saturated rings. The van der Waals surface area contributed by atoms with Crippen LogP contribution < -0.4 is 20.3 Å². The second-order valence-electron chi connectivity index (χ2n) is 6.26. The zero-order valence-electron chi connectivity index (χ0n) is 15.2. The molecule has 9 heteroatoms. The van der Waals surface area contributed by atoms with Crippen LogP contribution in [0.4, 0.5) is 0 Å². The number of hydrogen-bond acceptors (Lipinski definition) is 6. The van der Waals surface area contributed by atoms with Crippen LogP contribution in [-0.4, -0.2) is 47.8 Å². The van der Waals surface area contributed by atoms with Gasteiger partial charge >= 0.3 is 0 Å². The monoisotopic (exact) mass is 379 g/mol. The van der Waals surface area contributed by atoms with Crippen molar-refractivity contribution in [2.45, 2.75) is 38.7 Å². The lowest BCUT2D eigenvalue weighted by Crippen LogP contribution is -2.52. The fourth-order valence-corrected chi connectivity index (χ4v) is 2.67. The third-order valence-electron chi connectivity index (χ3n) is 4.17. The minimum absolute atomic E-state index is 0.0220. The van der Waals surface area contributed by atoms with Crippen molar-refractivity contribution in [2.75, 3.05) is 13.2 Å². The van der Waals surface area contributed by atoms with E-state index in [2.05, 4.69) is 10.9 Å². The molecule has 0 saturated carbocycles. The average molecular weight is 379 g/mol. The van der Waals surface area contributed by atoms with Crippen molar-refractivity contribution in [1.29, 1.82) is 0 Å². The van der Waals surface area contributed by atoms with E-state index in [9.17, 15) is 19.6 Å². The van der Waals surface area contributed by atoms with Gasteiger partial charge in [0.2, 0.25) is 18.4 Å². The van der Waals surface area contributed by atoms with Crippen LogP contribution in [0.15, 0.2) is 24.3 Å². The number of carbonyl (C=O) groups is 3. The molecule has 1 aromatic carbocycles. The number of nitrogens with one attached hydrogen (secondary N) is 2. The van der Waals surface area contributed by atoms with E-state index < -0.39 is 23.8 Å². The van der Waals surface area contributed by atoms with E-state index in [0.717, 1.165) is 19.3 Å². The predicted octanol–water partition coefficient (Wildman–Crippen LogP) is 1.02. The Kier molecular flexibility index (Phi) is 7.87. The van der Waals surface area contributed by atoms with Crippen LogP contribution >= 0.6 is 0 Å². The van der Waals surface area contributed by atoms with Crippen molar-refractivity contribution in [2.24, 2.45) is 5.92 Å². The highest BCUT2D eigenvalue weighted by Gasteiger charge is 2.28. The molecule has 0 aromatic heterocycles. The van der Waals surface area contributed by atoms with Crippen molar-refractivity contribution in [3.05, 3.63) is 24.3 Å². The van der Waals surface area contributed by atoms with Gasteiger partial charge in [-0.3, -0.25) is 30.4 Å². The van der Waals surface area contributed by atoms with Crippen LogP contribution in [0.25, 0.3) is 0 Å². The fraction of sp³-hybridized carbons (Fsp3) is 0.500. The molecular formula is C18H25N3O6. The van der Waals surface area contributed by atoms with E-state index in [1.807, 2.05) is 6.92 Å². The van der Waals surface area contributed by atoms with Gasteiger partial charge in [0.05, 0.1) is 12.5 Å². The molecule has 1 aliphatic rings. The first kappa shape index (κ1) is 20.5. The van der Waals surface area contributed by atoms with E-state index in [1.165, 1.54) is 0 Å². The molecule has 3 N–H and O–H groups in total. The molecule has 0 saturated heterocycles. The number of hydroxylamine groups is 2. The first-order valence-electron chi connectivity index (χ1n) is 8.94. The summed E-state index contributed by atoms with van der Waals surface area (Å²) in [6, 6.07) is 6.98. The number of unbranched alkanes of at least 4 members (excludes halogenated alkanes) is 2. The number of fused-ring (bicyclic) bond motifs is 1. The molecular weight excluding hydrogens is 354 g/mol. The van der Waals surface area contributed by atoms with Gasteiger partial charge in [-0.1, -0.05) is 38.3 Å². The van der Waals surface area contributed by atoms with E-state index >= 15 is 0 Å². The normalized spacial score (nSPS) is 16.1. The topological polar surface area (TPSA) is 117 Å². The number of benzene rings is 1. The third kappa shape index (κ3) is 6.14. The summed E-state index contributed by atoms with van der Waals surface area (Å²) < 4.78 is 11.0. The maximum Gasteiger partial charge on any atom is 0.283 e. The van der Waals surface area contributed by atoms with Gasteiger partial charge in [-0.25, -0.2) is 5.06 Å².